The number of nitrogens with zero attached hydrogens (tertiary/aromatic N) is 1. The number of aliphatic imine (C=N–C) groups is 1. The molecule has 0 aliphatic heterocycles. The van der Waals surface area contributed by atoms with E-state index in [-0.39, 0.29) is 0 Å². The minimum absolute atomic E-state index is 0.424. The van der Waals surface area contributed by atoms with Crippen molar-refractivity contribution in [3.05, 3.63) is 36.2 Å². The Morgan fingerprint density at radius 3 is 2.64 bits per heavy atom. The van der Waals surface area contributed by atoms with Crippen molar-refractivity contribution >= 4 is 6.72 Å². The molecule has 0 aromatic rings. The number of hydrogen-bond acceptors (Lipinski definition) is 1. The lowest BCUT2D eigenvalue weighted by Crippen LogP contribution is -1.83. The topological polar surface area (TPSA) is 12.4 Å². The second kappa shape index (κ2) is 5.59. The monoisotopic (exact) mass is 153 g/mol. The van der Waals surface area contributed by atoms with Gasteiger partial charge in [0, 0.05) is 0 Å². The maximum Gasteiger partial charge on any atom is 0.116 e. The molecule has 0 fully saturated rings. The van der Waals surface area contributed by atoms with Crippen LogP contribution >= 0.6 is 0 Å². The Morgan fingerprint density at radius 1 is 1.64 bits per heavy atom. The van der Waals surface area contributed by atoms with E-state index in [0.29, 0.717) is 6.54 Å². The predicted molar refractivity (Wildman–Crippen MR) is 47.6 cm³/mol. The van der Waals surface area contributed by atoms with E-state index < -0.39 is 5.83 Å². The molecule has 60 valence electrons. The van der Waals surface area contributed by atoms with Crippen molar-refractivity contribution in [1.29, 1.82) is 0 Å². The molecule has 0 aliphatic carbocycles. The molecule has 0 heterocycles. The molecule has 0 spiro atoms. The molecule has 0 N–H and O–H groups in total. The summed E-state index contributed by atoms with van der Waals surface area (Å²) in [7, 11) is 0. The van der Waals surface area contributed by atoms with Crippen molar-refractivity contribution < 1.29 is 4.39 Å². The van der Waals surface area contributed by atoms with Crippen LogP contribution in [0.5, 0.6) is 0 Å². The molecule has 0 aliphatic rings. The summed E-state index contributed by atoms with van der Waals surface area (Å²) in [6.45, 7) is 8.72. The smallest absolute Gasteiger partial charge is 0.116 e. The Balaban J connectivity index is 4.31. The molecule has 2 heteroatoms. The van der Waals surface area contributed by atoms with Crippen LogP contribution in [-0.4, -0.2) is 13.3 Å². The van der Waals surface area contributed by atoms with Gasteiger partial charge >= 0.3 is 0 Å². The van der Waals surface area contributed by atoms with E-state index >= 15 is 0 Å². The third kappa shape index (κ3) is 5.27. The molecule has 11 heavy (non-hydrogen) atoms. The predicted octanol–water partition coefficient (Wildman–Crippen LogP) is 2.67. The lowest BCUT2D eigenvalue weighted by atomic mass is 10.2. The van der Waals surface area contributed by atoms with Crippen LogP contribution in [0.4, 0.5) is 4.39 Å². The Kier molecular flexibility index (Phi) is 4.99. The fourth-order valence-corrected chi connectivity index (χ4v) is 0.691. The number of rotatable bonds is 4. The third-order valence-electron chi connectivity index (χ3n) is 1.02. The zero-order chi connectivity index (χ0) is 8.69. The van der Waals surface area contributed by atoms with Gasteiger partial charge in [-0.25, -0.2) is 4.39 Å². The molecule has 0 aromatic carbocycles. The molecule has 0 rings (SSSR count). The van der Waals surface area contributed by atoms with Gasteiger partial charge in [0.15, 0.2) is 0 Å². The van der Waals surface area contributed by atoms with Gasteiger partial charge in [0.1, 0.15) is 5.83 Å². The van der Waals surface area contributed by atoms with E-state index in [0.717, 1.165) is 5.57 Å². The van der Waals surface area contributed by atoms with Gasteiger partial charge < -0.3 is 0 Å². The van der Waals surface area contributed by atoms with Crippen LogP contribution in [0.1, 0.15) is 6.92 Å². The minimum Gasteiger partial charge on any atom is -0.296 e. The number of halogens is 1. The highest BCUT2D eigenvalue weighted by molar-refractivity contribution is 5.31. The van der Waals surface area contributed by atoms with E-state index in [4.69, 9.17) is 0 Å². The van der Waals surface area contributed by atoms with Crippen molar-refractivity contribution in [1.82, 2.24) is 0 Å². The molecule has 0 saturated carbocycles. The molecular weight excluding hydrogens is 141 g/mol. The summed E-state index contributed by atoms with van der Waals surface area (Å²) in [4.78, 5) is 3.63. The lowest BCUT2D eigenvalue weighted by molar-refractivity contribution is 0.670. The fraction of sp³-hybridized carbons (Fsp3) is 0.222. The maximum atomic E-state index is 12.2. The van der Waals surface area contributed by atoms with Crippen LogP contribution < -0.4 is 0 Å². The van der Waals surface area contributed by atoms with Gasteiger partial charge in [-0.05, 0) is 25.3 Å². The van der Waals surface area contributed by atoms with Crippen molar-refractivity contribution in [2.75, 3.05) is 6.54 Å². The normalized spacial score (nSPS) is 12.0. The first-order chi connectivity index (χ1) is 5.20. The van der Waals surface area contributed by atoms with Gasteiger partial charge in [0.25, 0.3) is 0 Å². The highest BCUT2D eigenvalue weighted by atomic mass is 19.1. The van der Waals surface area contributed by atoms with Gasteiger partial charge in [-0.15, -0.1) is 0 Å². The average Bonchev–Trinajstić information content (AvgIpc) is 1.87. The lowest BCUT2D eigenvalue weighted by Gasteiger charge is -1.94. The van der Waals surface area contributed by atoms with Crippen LogP contribution in [-0.2, 0) is 0 Å². The maximum absolute atomic E-state index is 12.2. The van der Waals surface area contributed by atoms with E-state index in [9.17, 15) is 4.39 Å². The van der Waals surface area contributed by atoms with E-state index in [1.54, 1.807) is 6.08 Å². The fourth-order valence-electron chi connectivity index (χ4n) is 0.691. The summed E-state index contributed by atoms with van der Waals surface area (Å²) in [6, 6.07) is 0. The summed E-state index contributed by atoms with van der Waals surface area (Å²) in [5.74, 6) is -0.457. The molecule has 0 saturated heterocycles. The minimum atomic E-state index is -0.457. The van der Waals surface area contributed by atoms with Gasteiger partial charge in [-0.3, -0.25) is 4.99 Å². The van der Waals surface area contributed by atoms with Crippen LogP contribution in [0.15, 0.2) is 41.2 Å². The second-order valence-electron chi connectivity index (χ2n) is 2.05. The number of hydrogen-bond donors (Lipinski definition) is 0. The first-order valence-electron chi connectivity index (χ1n) is 3.31. The zero-order valence-corrected chi connectivity index (χ0v) is 6.68. The summed E-state index contributed by atoms with van der Waals surface area (Å²) < 4.78 is 12.2. The third-order valence-corrected chi connectivity index (χ3v) is 1.02. The highest BCUT2D eigenvalue weighted by Gasteiger charge is 1.89. The van der Waals surface area contributed by atoms with Crippen molar-refractivity contribution in [2.24, 2.45) is 4.99 Å². The first-order valence-corrected chi connectivity index (χ1v) is 3.31. The van der Waals surface area contributed by atoms with Crippen LogP contribution in [0.25, 0.3) is 0 Å². The van der Waals surface area contributed by atoms with Gasteiger partial charge in [-0.2, -0.15) is 0 Å². The molecule has 0 amide bonds. The van der Waals surface area contributed by atoms with E-state index in [1.165, 1.54) is 6.08 Å². The van der Waals surface area contributed by atoms with Gasteiger partial charge in [0.05, 0.1) is 6.54 Å². The molecule has 0 atom stereocenters. The Hall–Kier alpha value is -1.18. The van der Waals surface area contributed by atoms with Crippen molar-refractivity contribution in [2.45, 2.75) is 6.92 Å². The Labute approximate surface area is 66.7 Å². The van der Waals surface area contributed by atoms with Gasteiger partial charge in [0.2, 0.25) is 0 Å². The largest absolute Gasteiger partial charge is 0.296 e. The molecule has 0 bridgehead atoms. The molecule has 0 unspecified atom stereocenters. The summed E-state index contributed by atoms with van der Waals surface area (Å²) >= 11 is 0. The van der Waals surface area contributed by atoms with E-state index in [1.807, 2.05) is 13.0 Å². The highest BCUT2D eigenvalue weighted by Crippen LogP contribution is 2.03. The summed E-state index contributed by atoms with van der Waals surface area (Å²) in [6.07, 6.45) is 4.94. The molecule has 0 radical (unpaired) electrons. The quantitative estimate of drug-likeness (QED) is 0.435. The standard InChI is InChI=1S/C9H12FN/c1-4-5-9(7-11-3)6-8(2)10/h4-6H,2-3,7H2,1H3/b5-4-,9-6-. The van der Waals surface area contributed by atoms with Crippen LogP contribution in [0.3, 0.4) is 0 Å². The SMILES string of the molecule is C=NCC(/C=C\C)=C\C(=C)F. The average molecular weight is 153 g/mol. The summed E-state index contributed by atoms with van der Waals surface area (Å²) in [5.41, 5.74) is 0.773. The Morgan fingerprint density at radius 2 is 2.27 bits per heavy atom. The zero-order valence-electron chi connectivity index (χ0n) is 6.68. The molecule has 0 aromatic heterocycles. The van der Waals surface area contributed by atoms with Crippen molar-refractivity contribution in [3.8, 4) is 0 Å². The molecular formula is C9H12FN. The first kappa shape index (κ1) is 9.82. The van der Waals surface area contributed by atoms with E-state index in [2.05, 4.69) is 18.3 Å². The van der Waals surface area contributed by atoms with Crippen LogP contribution in [0, 0.1) is 0 Å². The summed E-state index contributed by atoms with van der Waals surface area (Å²) in [5, 5.41) is 0. The Bertz CT molecular complexity index is 202. The van der Waals surface area contributed by atoms with Crippen LogP contribution in [0.2, 0.25) is 0 Å². The molecule has 1 nitrogen and oxygen atoms in total. The number of allylic oxidation sites excluding steroid dienone is 3. The van der Waals surface area contributed by atoms with Gasteiger partial charge in [-0.1, -0.05) is 18.7 Å². The second-order valence-corrected chi connectivity index (χ2v) is 2.05. The van der Waals surface area contributed by atoms with Crippen molar-refractivity contribution in [3.63, 3.8) is 0 Å².